The molecule has 0 atom stereocenters. The summed E-state index contributed by atoms with van der Waals surface area (Å²) in [4.78, 5) is 11.8. The van der Waals surface area contributed by atoms with Crippen molar-refractivity contribution in [3.8, 4) is 0 Å². The third-order valence-corrected chi connectivity index (χ3v) is 2.92. The van der Waals surface area contributed by atoms with Gasteiger partial charge in [-0.2, -0.15) is 0 Å². The summed E-state index contributed by atoms with van der Waals surface area (Å²) in [6.07, 6.45) is 2.06. The zero-order valence-corrected chi connectivity index (χ0v) is 9.82. The van der Waals surface area contributed by atoms with Crippen LogP contribution in [0.2, 0.25) is 0 Å². The Morgan fingerprint density at radius 1 is 1.32 bits per heavy atom. The first-order chi connectivity index (χ1) is 9.13. The highest BCUT2D eigenvalue weighted by atomic mass is 19.1. The number of rotatable bonds is 3. The molecule has 3 rings (SSSR count). The summed E-state index contributed by atoms with van der Waals surface area (Å²) >= 11 is 0. The number of hydrogen-bond acceptors (Lipinski definition) is 3. The van der Waals surface area contributed by atoms with Crippen LogP contribution in [0.3, 0.4) is 0 Å². The van der Waals surface area contributed by atoms with Crippen LogP contribution in [0.5, 0.6) is 0 Å². The van der Waals surface area contributed by atoms with Gasteiger partial charge in [0, 0.05) is 18.1 Å². The third kappa shape index (κ3) is 2.47. The number of carbonyl (C=O) groups is 1. The molecule has 98 valence electrons. The van der Waals surface area contributed by atoms with Gasteiger partial charge in [-0.15, -0.1) is 0 Å². The lowest BCUT2D eigenvalue weighted by atomic mass is 10.2. The van der Waals surface area contributed by atoms with Crippen LogP contribution in [-0.2, 0) is 0 Å². The molecule has 1 fully saturated rings. The maximum Gasteiger partial charge on any atom is 0.277 e. The third-order valence-electron chi connectivity index (χ3n) is 2.92. The Bertz CT molecular complexity index is 635. The minimum absolute atomic E-state index is 0.0885. The highest BCUT2D eigenvalue weighted by Gasteiger charge is 2.29. The number of hydrogen-bond donors (Lipinski definition) is 1. The van der Waals surface area contributed by atoms with Gasteiger partial charge in [-0.25, -0.2) is 8.78 Å². The summed E-state index contributed by atoms with van der Waals surface area (Å²) < 4.78 is 31.1. The lowest BCUT2D eigenvalue weighted by Crippen LogP contribution is -2.13. The maximum atomic E-state index is 13.4. The molecule has 0 aliphatic heterocycles. The van der Waals surface area contributed by atoms with Gasteiger partial charge in [-0.3, -0.25) is 4.79 Å². The maximum absolute atomic E-state index is 13.4. The molecule has 1 aromatic heterocycles. The molecular weight excluding hydrogens is 254 g/mol. The average molecular weight is 264 g/mol. The highest BCUT2D eigenvalue weighted by Crippen LogP contribution is 2.40. The fourth-order valence-corrected chi connectivity index (χ4v) is 1.73. The fraction of sp³-hybridized carbons (Fsp3) is 0.231. The predicted molar refractivity (Wildman–Crippen MR) is 62.8 cm³/mol. The summed E-state index contributed by atoms with van der Waals surface area (Å²) in [7, 11) is 0. The second-order valence-electron chi connectivity index (χ2n) is 4.47. The topological polar surface area (TPSA) is 55.1 Å². The van der Waals surface area contributed by atoms with Gasteiger partial charge in [0.15, 0.2) is 5.69 Å². The van der Waals surface area contributed by atoms with Gasteiger partial charge in [0.2, 0.25) is 0 Å². The molecule has 1 heterocycles. The molecule has 1 saturated carbocycles. The number of nitrogens with one attached hydrogen (secondary N) is 1. The summed E-state index contributed by atoms with van der Waals surface area (Å²) in [6, 6.07) is 4.48. The number of anilines is 1. The van der Waals surface area contributed by atoms with Crippen molar-refractivity contribution in [2.45, 2.75) is 18.8 Å². The largest absolute Gasteiger partial charge is 0.360 e. The van der Waals surface area contributed by atoms with Crippen molar-refractivity contribution in [3.05, 3.63) is 47.4 Å². The average Bonchev–Trinajstić information content (AvgIpc) is 3.10. The molecule has 1 amide bonds. The quantitative estimate of drug-likeness (QED) is 0.926. The number of benzene rings is 1. The Morgan fingerprint density at radius 2 is 2.11 bits per heavy atom. The van der Waals surface area contributed by atoms with E-state index in [1.807, 2.05) is 0 Å². The van der Waals surface area contributed by atoms with Crippen LogP contribution in [0.4, 0.5) is 14.5 Å². The Hall–Kier alpha value is -2.24. The van der Waals surface area contributed by atoms with Crippen LogP contribution in [-0.4, -0.2) is 11.1 Å². The molecule has 1 aliphatic rings. The fourth-order valence-electron chi connectivity index (χ4n) is 1.73. The Kier molecular flexibility index (Phi) is 2.77. The van der Waals surface area contributed by atoms with Crippen molar-refractivity contribution < 1.29 is 18.1 Å². The number of halogens is 2. The molecule has 0 radical (unpaired) electrons. The van der Waals surface area contributed by atoms with Gasteiger partial charge in [-0.05, 0) is 25.0 Å². The number of aromatic nitrogens is 1. The number of carbonyl (C=O) groups excluding carboxylic acids is 1. The zero-order chi connectivity index (χ0) is 13.4. The van der Waals surface area contributed by atoms with Gasteiger partial charge < -0.3 is 9.84 Å². The molecule has 4 nitrogen and oxygen atoms in total. The molecule has 6 heteroatoms. The molecule has 1 aromatic carbocycles. The van der Waals surface area contributed by atoms with Crippen LogP contribution in [0, 0.1) is 11.6 Å². The van der Waals surface area contributed by atoms with E-state index in [4.69, 9.17) is 4.52 Å². The molecule has 0 saturated heterocycles. The Balaban J connectivity index is 1.76. The normalized spacial score (nSPS) is 14.4. The second kappa shape index (κ2) is 4.46. The molecule has 0 unspecified atom stereocenters. The minimum Gasteiger partial charge on any atom is -0.360 e. The van der Waals surface area contributed by atoms with Crippen molar-refractivity contribution in [3.63, 3.8) is 0 Å². The van der Waals surface area contributed by atoms with Gasteiger partial charge in [0.1, 0.15) is 17.4 Å². The SMILES string of the molecule is O=C(Nc1ccc(F)cc1F)c1cc(C2CC2)on1. The zero-order valence-electron chi connectivity index (χ0n) is 9.82. The van der Waals surface area contributed by atoms with Crippen LogP contribution in [0.25, 0.3) is 0 Å². The summed E-state index contributed by atoms with van der Waals surface area (Å²) in [5.41, 5.74) is -0.00648. The summed E-state index contributed by atoms with van der Waals surface area (Å²) in [6.45, 7) is 0. The number of amides is 1. The Labute approximate surface area is 107 Å². The van der Waals surface area contributed by atoms with E-state index in [0.717, 1.165) is 25.0 Å². The smallest absolute Gasteiger partial charge is 0.277 e. The first-order valence-electron chi connectivity index (χ1n) is 5.86. The van der Waals surface area contributed by atoms with E-state index in [-0.39, 0.29) is 11.4 Å². The standard InChI is InChI=1S/C13H10F2N2O2/c14-8-3-4-10(9(15)5-8)16-13(18)11-6-12(19-17-11)7-1-2-7/h3-7H,1-2H2,(H,16,18). The van der Waals surface area contributed by atoms with Crippen LogP contribution >= 0.6 is 0 Å². The highest BCUT2D eigenvalue weighted by molar-refractivity contribution is 6.02. The van der Waals surface area contributed by atoms with Crippen molar-refractivity contribution in [1.82, 2.24) is 5.16 Å². The second-order valence-corrected chi connectivity index (χ2v) is 4.47. The van der Waals surface area contributed by atoms with Gasteiger partial charge >= 0.3 is 0 Å². The lowest BCUT2D eigenvalue weighted by molar-refractivity contribution is 0.101. The summed E-state index contributed by atoms with van der Waals surface area (Å²) in [5.74, 6) is -1.10. The molecule has 0 spiro atoms. The van der Waals surface area contributed by atoms with Crippen molar-refractivity contribution in [2.75, 3.05) is 5.32 Å². The summed E-state index contributed by atoms with van der Waals surface area (Å²) in [5, 5.41) is 5.96. The molecule has 1 N–H and O–H groups in total. The molecule has 1 aliphatic carbocycles. The monoisotopic (exact) mass is 264 g/mol. The first kappa shape index (κ1) is 11.8. The van der Waals surface area contributed by atoms with Crippen molar-refractivity contribution in [1.29, 1.82) is 0 Å². The van der Waals surface area contributed by atoms with E-state index in [1.165, 1.54) is 0 Å². The van der Waals surface area contributed by atoms with Crippen molar-refractivity contribution >= 4 is 11.6 Å². The minimum atomic E-state index is -0.834. The van der Waals surface area contributed by atoms with Crippen LogP contribution in [0.1, 0.15) is 35.0 Å². The number of nitrogens with zero attached hydrogens (tertiary/aromatic N) is 1. The molecule has 2 aromatic rings. The molecule has 19 heavy (non-hydrogen) atoms. The van der Waals surface area contributed by atoms with E-state index in [0.29, 0.717) is 17.7 Å². The van der Waals surface area contributed by atoms with Crippen molar-refractivity contribution in [2.24, 2.45) is 0 Å². The van der Waals surface area contributed by atoms with Gasteiger partial charge in [-0.1, -0.05) is 5.16 Å². The van der Waals surface area contributed by atoms with E-state index in [9.17, 15) is 13.6 Å². The van der Waals surface area contributed by atoms with Gasteiger partial charge in [0.05, 0.1) is 5.69 Å². The molecule has 0 bridgehead atoms. The van der Waals surface area contributed by atoms with E-state index in [1.54, 1.807) is 6.07 Å². The van der Waals surface area contributed by atoms with Crippen LogP contribution < -0.4 is 5.32 Å². The lowest BCUT2D eigenvalue weighted by Gasteiger charge is -2.03. The Morgan fingerprint density at radius 3 is 2.79 bits per heavy atom. The van der Waals surface area contributed by atoms with Crippen LogP contribution in [0.15, 0.2) is 28.8 Å². The molecular formula is C13H10F2N2O2. The van der Waals surface area contributed by atoms with E-state index >= 15 is 0 Å². The predicted octanol–water partition coefficient (Wildman–Crippen LogP) is 3.08. The van der Waals surface area contributed by atoms with E-state index < -0.39 is 17.5 Å². The van der Waals surface area contributed by atoms with Gasteiger partial charge in [0.25, 0.3) is 5.91 Å². The van der Waals surface area contributed by atoms with E-state index in [2.05, 4.69) is 10.5 Å². The first-order valence-corrected chi connectivity index (χ1v) is 5.86.